The van der Waals surface area contributed by atoms with Gasteiger partial charge in [-0.3, -0.25) is 4.90 Å². The molecule has 118 valence electrons. The summed E-state index contributed by atoms with van der Waals surface area (Å²) in [5, 5.41) is 0.583. The summed E-state index contributed by atoms with van der Waals surface area (Å²) in [6.07, 6.45) is 1.02. The molecule has 1 saturated heterocycles. The van der Waals surface area contributed by atoms with E-state index in [0.29, 0.717) is 16.5 Å². The van der Waals surface area contributed by atoms with Gasteiger partial charge in [0, 0.05) is 25.7 Å². The zero-order chi connectivity index (χ0) is 15.6. The van der Waals surface area contributed by atoms with Crippen molar-refractivity contribution < 1.29 is 9.47 Å². The second-order valence-corrected chi connectivity index (χ2v) is 6.81. The lowest BCUT2D eigenvalue weighted by molar-refractivity contribution is 0.0898. The number of methoxy groups -OCH3 is 2. The number of likely N-dealkylation sites (tertiary alicyclic amines) is 1. The monoisotopic (exact) mass is 312 g/mol. The van der Waals surface area contributed by atoms with Crippen LogP contribution in [0, 0.1) is 5.41 Å². The summed E-state index contributed by atoms with van der Waals surface area (Å²) in [6.45, 7) is 7.30. The highest BCUT2D eigenvalue weighted by Gasteiger charge is 2.33. The molecule has 21 heavy (non-hydrogen) atoms. The summed E-state index contributed by atoms with van der Waals surface area (Å²) in [5.41, 5.74) is 7.46. The molecule has 2 N–H and O–H groups in total. The molecule has 1 aromatic carbocycles. The fourth-order valence-corrected chi connectivity index (χ4v) is 3.25. The van der Waals surface area contributed by atoms with Gasteiger partial charge in [0.15, 0.2) is 11.5 Å². The van der Waals surface area contributed by atoms with Crippen molar-refractivity contribution in [3.63, 3.8) is 0 Å². The summed E-state index contributed by atoms with van der Waals surface area (Å²) < 4.78 is 10.6. The van der Waals surface area contributed by atoms with E-state index in [1.165, 1.54) is 0 Å². The normalized spacial score (nSPS) is 22.1. The van der Waals surface area contributed by atoms with Gasteiger partial charge in [-0.25, -0.2) is 0 Å². The molecule has 0 bridgehead atoms. The third kappa shape index (κ3) is 3.62. The van der Waals surface area contributed by atoms with Gasteiger partial charge in [-0.2, -0.15) is 0 Å². The van der Waals surface area contributed by atoms with Gasteiger partial charge in [-0.05, 0) is 29.5 Å². The Morgan fingerprint density at radius 3 is 2.62 bits per heavy atom. The van der Waals surface area contributed by atoms with E-state index in [-0.39, 0.29) is 11.5 Å². The Balaban J connectivity index is 2.15. The third-order valence-electron chi connectivity index (χ3n) is 4.29. The first kappa shape index (κ1) is 16.4. The van der Waals surface area contributed by atoms with E-state index in [1.807, 2.05) is 12.1 Å². The number of benzene rings is 1. The molecule has 5 heteroatoms. The molecule has 0 spiro atoms. The number of nitrogens with zero attached hydrogens (tertiary/aromatic N) is 1. The number of rotatable bonds is 4. The van der Waals surface area contributed by atoms with E-state index in [9.17, 15) is 0 Å². The molecule has 4 nitrogen and oxygen atoms in total. The topological polar surface area (TPSA) is 47.7 Å². The van der Waals surface area contributed by atoms with Crippen LogP contribution < -0.4 is 15.2 Å². The quantitative estimate of drug-likeness (QED) is 0.928. The maximum Gasteiger partial charge on any atom is 0.179 e. The lowest BCUT2D eigenvalue weighted by atomic mass is 9.79. The molecular weight excluding hydrogens is 288 g/mol. The highest BCUT2D eigenvalue weighted by molar-refractivity contribution is 6.32. The second-order valence-electron chi connectivity index (χ2n) is 6.41. The van der Waals surface area contributed by atoms with Crippen molar-refractivity contribution in [1.82, 2.24) is 4.90 Å². The maximum atomic E-state index is 6.27. The number of hydrogen-bond acceptors (Lipinski definition) is 4. The van der Waals surface area contributed by atoms with Gasteiger partial charge in [0.05, 0.1) is 19.2 Å². The third-order valence-corrected chi connectivity index (χ3v) is 4.57. The van der Waals surface area contributed by atoms with Gasteiger partial charge in [0.25, 0.3) is 0 Å². The Morgan fingerprint density at radius 1 is 1.33 bits per heavy atom. The molecular formula is C16H25ClN2O2. The Hall–Kier alpha value is -0.970. The predicted molar refractivity (Wildman–Crippen MR) is 86.2 cm³/mol. The zero-order valence-corrected chi connectivity index (χ0v) is 14.0. The second kappa shape index (κ2) is 6.42. The van der Waals surface area contributed by atoms with Crippen molar-refractivity contribution >= 4 is 11.6 Å². The van der Waals surface area contributed by atoms with E-state index in [4.69, 9.17) is 26.8 Å². The fraction of sp³-hybridized carbons (Fsp3) is 0.625. The van der Waals surface area contributed by atoms with Gasteiger partial charge in [-0.1, -0.05) is 25.4 Å². The molecule has 1 heterocycles. The number of hydrogen-bond donors (Lipinski definition) is 1. The van der Waals surface area contributed by atoms with Crippen LogP contribution in [0.3, 0.4) is 0 Å². The Bertz CT molecular complexity index is 505. The summed E-state index contributed by atoms with van der Waals surface area (Å²) in [4.78, 5) is 2.42. The number of halogens is 1. The van der Waals surface area contributed by atoms with E-state index < -0.39 is 0 Å². The van der Waals surface area contributed by atoms with Crippen molar-refractivity contribution in [2.45, 2.75) is 32.9 Å². The van der Waals surface area contributed by atoms with Crippen LogP contribution in [0.25, 0.3) is 0 Å². The van der Waals surface area contributed by atoms with Gasteiger partial charge in [-0.15, -0.1) is 0 Å². The predicted octanol–water partition coefficient (Wildman–Crippen LogP) is 2.92. The van der Waals surface area contributed by atoms with E-state index in [1.54, 1.807) is 14.2 Å². The lowest BCUT2D eigenvalue weighted by Crippen LogP contribution is -2.52. The van der Waals surface area contributed by atoms with Gasteiger partial charge >= 0.3 is 0 Å². The van der Waals surface area contributed by atoms with E-state index >= 15 is 0 Å². The van der Waals surface area contributed by atoms with Gasteiger partial charge in [0.2, 0.25) is 0 Å². The molecule has 0 amide bonds. The van der Waals surface area contributed by atoms with Crippen molar-refractivity contribution in [3.8, 4) is 11.5 Å². The first-order valence-corrected chi connectivity index (χ1v) is 7.63. The molecule has 1 aliphatic rings. The molecule has 0 saturated carbocycles. The number of ether oxygens (including phenoxy) is 2. The highest BCUT2D eigenvalue weighted by Crippen LogP contribution is 2.37. The zero-order valence-electron chi connectivity index (χ0n) is 13.3. The van der Waals surface area contributed by atoms with Gasteiger partial charge in [0.1, 0.15) is 0 Å². The van der Waals surface area contributed by atoms with Crippen LogP contribution in [-0.2, 0) is 6.54 Å². The maximum absolute atomic E-state index is 6.27. The van der Waals surface area contributed by atoms with Crippen LogP contribution in [0.1, 0.15) is 25.8 Å². The van der Waals surface area contributed by atoms with Gasteiger partial charge < -0.3 is 15.2 Å². The minimum absolute atomic E-state index is 0.138. The number of piperidine rings is 1. The minimum atomic E-state index is 0.138. The highest BCUT2D eigenvalue weighted by atomic mass is 35.5. The first-order valence-electron chi connectivity index (χ1n) is 7.25. The smallest absolute Gasteiger partial charge is 0.179 e. The van der Waals surface area contributed by atoms with Crippen molar-refractivity contribution in [2.24, 2.45) is 11.1 Å². The molecule has 0 aliphatic carbocycles. The molecule has 1 aromatic rings. The summed E-state index contributed by atoms with van der Waals surface area (Å²) in [7, 11) is 3.22. The minimum Gasteiger partial charge on any atom is -0.493 e. The van der Waals surface area contributed by atoms with Crippen LogP contribution >= 0.6 is 11.6 Å². The van der Waals surface area contributed by atoms with Crippen molar-refractivity contribution in [2.75, 3.05) is 27.3 Å². The molecule has 1 aliphatic heterocycles. The fourth-order valence-electron chi connectivity index (χ4n) is 2.94. The Kier molecular flexibility index (Phi) is 5.02. The average Bonchev–Trinajstić information content (AvgIpc) is 2.42. The molecule has 0 aromatic heterocycles. The van der Waals surface area contributed by atoms with Crippen LogP contribution in [0.5, 0.6) is 11.5 Å². The van der Waals surface area contributed by atoms with Crippen LogP contribution in [0.15, 0.2) is 12.1 Å². The van der Waals surface area contributed by atoms with Crippen LogP contribution in [0.4, 0.5) is 0 Å². The summed E-state index contributed by atoms with van der Waals surface area (Å²) in [5.74, 6) is 1.26. The van der Waals surface area contributed by atoms with Crippen molar-refractivity contribution in [1.29, 1.82) is 0 Å². The van der Waals surface area contributed by atoms with Crippen LogP contribution in [-0.4, -0.2) is 38.3 Å². The Morgan fingerprint density at radius 2 is 2.05 bits per heavy atom. The average molecular weight is 313 g/mol. The Labute approximate surface area is 132 Å². The largest absolute Gasteiger partial charge is 0.493 e. The van der Waals surface area contributed by atoms with E-state index in [0.717, 1.165) is 31.6 Å². The SMILES string of the molecule is COc1cc(CN2CCC(N)C(C)(C)C2)cc(Cl)c1OC. The lowest BCUT2D eigenvalue weighted by Gasteiger charge is -2.42. The first-order chi connectivity index (χ1) is 9.87. The molecule has 1 fully saturated rings. The number of nitrogens with two attached hydrogens (primary N) is 1. The van der Waals surface area contributed by atoms with Crippen LogP contribution in [0.2, 0.25) is 5.02 Å². The molecule has 1 atom stereocenters. The summed E-state index contributed by atoms with van der Waals surface area (Å²) >= 11 is 6.27. The van der Waals surface area contributed by atoms with Crippen molar-refractivity contribution in [3.05, 3.63) is 22.7 Å². The summed E-state index contributed by atoms with van der Waals surface area (Å²) in [6, 6.07) is 4.21. The molecule has 1 unspecified atom stereocenters. The molecule has 0 radical (unpaired) electrons. The van der Waals surface area contributed by atoms with E-state index in [2.05, 4.69) is 18.7 Å². The standard InChI is InChI=1S/C16H25ClN2O2/c1-16(2)10-19(6-5-14(16)18)9-11-7-12(17)15(21-4)13(8-11)20-3/h7-8,14H,5-6,9-10,18H2,1-4H3. The molecule has 2 rings (SSSR count).